The second-order valence-electron chi connectivity index (χ2n) is 8.18. The van der Waals surface area contributed by atoms with Crippen LogP contribution in [0.3, 0.4) is 0 Å². The van der Waals surface area contributed by atoms with Gasteiger partial charge >= 0.3 is 0 Å². The largest absolute Gasteiger partial charge is 0.226 e. The van der Waals surface area contributed by atoms with Crippen molar-refractivity contribution in [3.63, 3.8) is 0 Å². The van der Waals surface area contributed by atoms with E-state index in [9.17, 15) is 0 Å². The maximum atomic E-state index is 6.38. The lowest BCUT2D eigenvalue weighted by molar-refractivity contribution is 0.807. The normalized spacial score (nSPS) is 15.5. The van der Waals surface area contributed by atoms with E-state index in [-0.39, 0.29) is 11.2 Å². The van der Waals surface area contributed by atoms with Crippen molar-refractivity contribution in [1.29, 1.82) is 0 Å². The van der Waals surface area contributed by atoms with E-state index >= 15 is 0 Å². The van der Waals surface area contributed by atoms with Crippen LogP contribution in [-0.4, -0.2) is 15.0 Å². The Morgan fingerprint density at radius 2 is 1.52 bits per heavy atom. The number of hydrogen-bond donors (Lipinski definition) is 0. The van der Waals surface area contributed by atoms with Crippen molar-refractivity contribution in [2.75, 3.05) is 0 Å². The maximum absolute atomic E-state index is 6.38. The van der Waals surface area contributed by atoms with Gasteiger partial charge in [0.1, 0.15) is 5.82 Å². The van der Waals surface area contributed by atoms with Crippen molar-refractivity contribution in [1.82, 2.24) is 15.0 Å². The third-order valence-electron chi connectivity index (χ3n) is 6.19. The first-order valence-electron chi connectivity index (χ1n) is 10.8. The van der Waals surface area contributed by atoms with E-state index in [1.807, 2.05) is 11.3 Å². The van der Waals surface area contributed by atoms with Gasteiger partial charge in [-0.05, 0) is 46.8 Å². The van der Waals surface area contributed by atoms with Gasteiger partial charge in [0.2, 0.25) is 5.28 Å². The fourth-order valence-electron chi connectivity index (χ4n) is 4.62. The Bertz CT molecular complexity index is 1830. The van der Waals surface area contributed by atoms with Crippen LogP contribution in [0.25, 0.3) is 53.8 Å². The smallest absolute Gasteiger partial charge is 0.212 e. The summed E-state index contributed by atoms with van der Waals surface area (Å²) in [6.45, 7) is 0. The molecule has 6 heteroatoms. The molecule has 0 amide bonds. The second kappa shape index (κ2) is 7.45. The molecule has 0 spiro atoms. The molecule has 0 aliphatic heterocycles. The molecule has 1 aliphatic rings. The van der Waals surface area contributed by atoms with Gasteiger partial charge in [0.25, 0.3) is 0 Å². The van der Waals surface area contributed by atoms with Crippen molar-refractivity contribution in [3.05, 3.63) is 87.6 Å². The highest BCUT2D eigenvalue weighted by atomic mass is 35.5. The molecule has 33 heavy (non-hydrogen) atoms. The predicted molar refractivity (Wildman–Crippen MR) is 141 cm³/mol. The summed E-state index contributed by atoms with van der Waals surface area (Å²) in [6.07, 6.45) is 5.44. The number of fused-ring (bicyclic) bond motifs is 6. The van der Waals surface area contributed by atoms with Crippen LogP contribution in [0.1, 0.15) is 18.2 Å². The minimum Gasteiger partial charge on any atom is -0.212 e. The summed E-state index contributed by atoms with van der Waals surface area (Å²) in [5.74, 6) is 1.43. The molecule has 7 rings (SSSR count). The second-order valence-corrected chi connectivity index (χ2v) is 10.7. The lowest BCUT2D eigenvalue weighted by Gasteiger charge is -2.13. The van der Waals surface area contributed by atoms with Gasteiger partial charge in [0.05, 0.1) is 0 Å². The van der Waals surface area contributed by atoms with E-state index in [4.69, 9.17) is 16.6 Å². The highest BCUT2D eigenvalue weighted by molar-refractivity contribution is 7.25. The van der Waals surface area contributed by atoms with Crippen LogP contribution in [0.5, 0.6) is 0 Å². The quantitative estimate of drug-likeness (QED) is 0.282. The van der Waals surface area contributed by atoms with Gasteiger partial charge in [-0.3, -0.25) is 0 Å². The van der Waals surface area contributed by atoms with Crippen molar-refractivity contribution < 1.29 is 0 Å². The monoisotopic (exact) mass is 481 g/mol. The fraction of sp³-hybridized carbons (Fsp3) is 0.0741. The Morgan fingerprint density at radius 3 is 2.39 bits per heavy atom. The molecule has 3 aromatic heterocycles. The van der Waals surface area contributed by atoms with Crippen LogP contribution in [0, 0.1) is 0 Å². The molecule has 3 heterocycles. The van der Waals surface area contributed by atoms with Crippen LogP contribution in [-0.2, 0) is 0 Å². The summed E-state index contributed by atoms with van der Waals surface area (Å²) in [7, 11) is 0. The Labute approximate surface area is 202 Å². The van der Waals surface area contributed by atoms with Crippen molar-refractivity contribution in [3.8, 4) is 11.4 Å². The van der Waals surface area contributed by atoms with E-state index < -0.39 is 0 Å². The van der Waals surface area contributed by atoms with Gasteiger partial charge in [0.15, 0.2) is 5.82 Å². The highest BCUT2D eigenvalue weighted by Gasteiger charge is 2.18. The van der Waals surface area contributed by atoms with Gasteiger partial charge in [-0.25, -0.2) is 9.97 Å². The van der Waals surface area contributed by atoms with Crippen LogP contribution in [0.15, 0.2) is 66.7 Å². The van der Waals surface area contributed by atoms with Gasteiger partial charge in [-0.2, -0.15) is 4.98 Å². The number of nitrogens with zero attached hydrogens (tertiary/aromatic N) is 3. The van der Waals surface area contributed by atoms with E-state index in [0.29, 0.717) is 5.82 Å². The number of halogens is 1. The Balaban J connectivity index is 1.33. The summed E-state index contributed by atoms with van der Waals surface area (Å²) < 4.78 is 5.09. The number of benzene rings is 3. The molecule has 0 saturated carbocycles. The fourth-order valence-corrected chi connectivity index (χ4v) is 7.14. The molecular weight excluding hydrogens is 466 g/mol. The molecule has 0 radical (unpaired) electrons. The lowest BCUT2D eigenvalue weighted by atomic mass is 9.99. The number of hydrogen-bond acceptors (Lipinski definition) is 5. The third kappa shape index (κ3) is 3.19. The Morgan fingerprint density at radius 1 is 0.758 bits per heavy atom. The summed E-state index contributed by atoms with van der Waals surface area (Å²) in [4.78, 5) is 13.8. The summed E-state index contributed by atoms with van der Waals surface area (Å²) >= 11 is 9.99. The van der Waals surface area contributed by atoms with Gasteiger partial charge in [-0.15, -0.1) is 22.7 Å². The van der Waals surface area contributed by atoms with E-state index in [0.717, 1.165) is 17.8 Å². The molecule has 158 valence electrons. The molecule has 0 bridgehead atoms. The first kappa shape index (κ1) is 19.4. The summed E-state index contributed by atoms with van der Waals surface area (Å²) in [5, 5.41) is 5.42. The molecule has 1 atom stereocenters. The van der Waals surface area contributed by atoms with Crippen LogP contribution >= 0.6 is 34.3 Å². The Hall–Kier alpha value is -3.12. The molecule has 1 aliphatic carbocycles. The first-order chi connectivity index (χ1) is 16.2. The standard InChI is InChI=1S/C27H16ClN3S2/c28-27-30-25(15-9-11-19-17-5-1-3-7-21(17)32-23(19)13-15)29-26(31-27)16-10-12-20-18-6-2-4-8-22(18)33-24(20)14-16/h1-9,11-14,16H,10H2. The van der Waals surface area contributed by atoms with Gasteiger partial charge < -0.3 is 0 Å². The molecule has 0 saturated heterocycles. The molecule has 1 unspecified atom stereocenters. The molecule has 6 aromatic rings. The zero-order chi connectivity index (χ0) is 21.9. The van der Waals surface area contributed by atoms with E-state index in [1.54, 1.807) is 11.3 Å². The van der Waals surface area contributed by atoms with Crippen molar-refractivity contribution in [2.45, 2.75) is 12.3 Å². The minimum atomic E-state index is 0.0814. The zero-order valence-corrected chi connectivity index (χ0v) is 19.7. The third-order valence-corrected chi connectivity index (χ3v) is 8.64. The van der Waals surface area contributed by atoms with Crippen molar-refractivity contribution >= 4 is 76.7 Å². The predicted octanol–water partition coefficient (Wildman–Crippen LogP) is 6.52. The van der Waals surface area contributed by atoms with Crippen LogP contribution in [0.4, 0.5) is 0 Å². The lowest BCUT2D eigenvalue weighted by Crippen LogP contribution is -2.24. The molecule has 3 nitrogen and oxygen atoms in total. The molecule has 0 fully saturated rings. The zero-order valence-electron chi connectivity index (χ0n) is 17.3. The maximum Gasteiger partial charge on any atom is 0.226 e. The average molecular weight is 482 g/mol. The number of rotatable bonds is 2. The van der Waals surface area contributed by atoms with Crippen LogP contribution in [0.2, 0.25) is 5.28 Å². The summed E-state index contributed by atoms with van der Waals surface area (Å²) in [5.41, 5.74) is 0.960. The molecular formula is C27H16ClN3S2. The minimum absolute atomic E-state index is 0.0814. The summed E-state index contributed by atoms with van der Waals surface area (Å²) in [6, 6.07) is 23.5. The topological polar surface area (TPSA) is 38.7 Å². The van der Waals surface area contributed by atoms with E-state index in [1.165, 1.54) is 40.0 Å². The first-order valence-corrected chi connectivity index (χ1v) is 12.8. The highest BCUT2D eigenvalue weighted by Crippen LogP contribution is 2.36. The SMILES string of the molecule is Clc1nc(-c2ccc3c(c2)sc2ccccc23)nc(C2C=c3sc4ccccc4c3=CC2)n1. The van der Waals surface area contributed by atoms with E-state index in [2.05, 4.69) is 88.9 Å². The van der Waals surface area contributed by atoms with Crippen LogP contribution < -0.4 is 9.75 Å². The number of thiophene rings is 2. The Kier molecular flexibility index (Phi) is 4.37. The average Bonchev–Trinajstić information content (AvgIpc) is 3.40. The molecule has 0 N–H and O–H groups in total. The van der Waals surface area contributed by atoms with Gasteiger partial charge in [0, 0.05) is 40.9 Å². The number of aromatic nitrogens is 3. The molecule has 3 aromatic carbocycles. The van der Waals surface area contributed by atoms with Gasteiger partial charge in [-0.1, -0.05) is 60.7 Å². The van der Waals surface area contributed by atoms with Crippen molar-refractivity contribution in [2.24, 2.45) is 0 Å².